The predicted molar refractivity (Wildman–Crippen MR) is 61.0 cm³/mol. The molecule has 1 aromatic rings. The summed E-state index contributed by atoms with van der Waals surface area (Å²) < 4.78 is 10.6. The minimum atomic E-state index is -0.783. The van der Waals surface area contributed by atoms with E-state index in [1.54, 1.807) is 14.2 Å². The van der Waals surface area contributed by atoms with E-state index in [1.807, 2.05) is 19.1 Å². The zero-order valence-corrected chi connectivity index (χ0v) is 9.83. The van der Waals surface area contributed by atoms with Crippen molar-refractivity contribution in [3.8, 4) is 11.5 Å². The van der Waals surface area contributed by atoms with Gasteiger partial charge in [0.1, 0.15) is 17.1 Å². The molecule has 1 fully saturated rings. The molecule has 4 nitrogen and oxygen atoms in total. The largest absolute Gasteiger partial charge is 0.496 e. The van der Waals surface area contributed by atoms with Gasteiger partial charge in [0.25, 0.3) is 0 Å². The van der Waals surface area contributed by atoms with E-state index in [0.717, 1.165) is 22.6 Å². The third-order valence-electron chi connectivity index (χ3n) is 3.12. The number of hydrogen-bond donors (Lipinski definition) is 2. The Kier molecular flexibility index (Phi) is 2.78. The summed E-state index contributed by atoms with van der Waals surface area (Å²) in [5, 5.41) is 13.3. The second kappa shape index (κ2) is 3.96. The van der Waals surface area contributed by atoms with Gasteiger partial charge in [-0.15, -0.1) is 0 Å². The van der Waals surface area contributed by atoms with Gasteiger partial charge in [0, 0.05) is 18.7 Å². The first-order valence-corrected chi connectivity index (χ1v) is 5.27. The molecule has 2 N–H and O–H groups in total. The molecule has 16 heavy (non-hydrogen) atoms. The van der Waals surface area contributed by atoms with Crippen LogP contribution < -0.4 is 14.8 Å². The highest BCUT2D eigenvalue weighted by atomic mass is 16.5. The molecular formula is C12H17NO3. The lowest BCUT2D eigenvalue weighted by Gasteiger charge is -2.38. The van der Waals surface area contributed by atoms with E-state index in [2.05, 4.69) is 5.32 Å². The molecule has 88 valence electrons. The summed E-state index contributed by atoms with van der Waals surface area (Å²) in [5.41, 5.74) is 1.00. The third-order valence-corrected chi connectivity index (χ3v) is 3.12. The fourth-order valence-corrected chi connectivity index (χ4v) is 1.92. The molecule has 0 spiro atoms. The molecule has 2 rings (SSSR count). The number of methoxy groups -OCH3 is 2. The van der Waals surface area contributed by atoms with Gasteiger partial charge in [0.2, 0.25) is 0 Å². The summed E-state index contributed by atoms with van der Waals surface area (Å²) in [6.07, 6.45) is 0. The van der Waals surface area contributed by atoms with Crippen LogP contribution in [0.25, 0.3) is 0 Å². The minimum absolute atomic E-state index is 0.572. The van der Waals surface area contributed by atoms with Crippen molar-refractivity contribution >= 4 is 0 Å². The van der Waals surface area contributed by atoms with E-state index >= 15 is 0 Å². The van der Waals surface area contributed by atoms with Gasteiger partial charge < -0.3 is 19.9 Å². The van der Waals surface area contributed by atoms with E-state index in [-0.39, 0.29) is 0 Å². The minimum Gasteiger partial charge on any atom is -0.496 e. The standard InChI is InChI=1S/C12H17NO3/c1-8-10(15-2)4-9(5-11(8)16-3)12(14)6-13-7-12/h4-5,13-14H,6-7H2,1-3H3. The van der Waals surface area contributed by atoms with Crippen molar-refractivity contribution < 1.29 is 14.6 Å². The van der Waals surface area contributed by atoms with Crippen molar-refractivity contribution in [3.05, 3.63) is 23.3 Å². The highest BCUT2D eigenvalue weighted by molar-refractivity contribution is 5.49. The van der Waals surface area contributed by atoms with Gasteiger partial charge in [-0.2, -0.15) is 0 Å². The molecule has 0 radical (unpaired) electrons. The van der Waals surface area contributed by atoms with Crippen LogP contribution in [0.2, 0.25) is 0 Å². The topological polar surface area (TPSA) is 50.7 Å². The van der Waals surface area contributed by atoms with Crippen LogP contribution in [0.4, 0.5) is 0 Å². The molecule has 0 aromatic heterocycles. The Morgan fingerprint density at radius 3 is 2.00 bits per heavy atom. The van der Waals surface area contributed by atoms with Crippen molar-refractivity contribution in [1.29, 1.82) is 0 Å². The second-order valence-corrected chi connectivity index (χ2v) is 4.14. The van der Waals surface area contributed by atoms with Crippen LogP contribution in [0, 0.1) is 6.92 Å². The van der Waals surface area contributed by atoms with Gasteiger partial charge in [-0.1, -0.05) is 0 Å². The maximum absolute atomic E-state index is 10.2. The number of nitrogens with one attached hydrogen (secondary N) is 1. The van der Waals surface area contributed by atoms with Crippen LogP contribution in [0.3, 0.4) is 0 Å². The Labute approximate surface area is 95.2 Å². The van der Waals surface area contributed by atoms with Crippen molar-refractivity contribution in [2.24, 2.45) is 0 Å². The van der Waals surface area contributed by atoms with Crippen LogP contribution in [0.5, 0.6) is 11.5 Å². The lowest BCUT2D eigenvalue weighted by Crippen LogP contribution is -2.56. The molecule has 1 saturated heterocycles. The van der Waals surface area contributed by atoms with Gasteiger partial charge in [-0.05, 0) is 24.6 Å². The monoisotopic (exact) mass is 223 g/mol. The Morgan fingerprint density at radius 2 is 1.69 bits per heavy atom. The van der Waals surface area contributed by atoms with E-state index in [4.69, 9.17) is 9.47 Å². The van der Waals surface area contributed by atoms with Gasteiger partial charge in [0.05, 0.1) is 14.2 Å². The molecule has 0 bridgehead atoms. The molecule has 1 aromatic carbocycles. The average molecular weight is 223 g/mol. The number of benzene rings is 1. The summed E-state index contributed by atoms with van der Waals surface area (Å²) in [6, 6.07) is 3.75. The molecular weight excluding hydrogens is 206 g/mol. The predicted octanol–water partition coefficient (Wildman–Crippen LogP) is 0.803. The van der Waals surface area contributed by atoms with Crippen LogP contribution in [0.1, 0.15) is 11.1 Å². The molecule has 0 unspecified atom stereocenters. The second-order valence-electron chi connectivity index (χ2n) is 4.14. The first-order chi connectivity index (χ1) is 7.60. The Morgan fingerprint density at radius 1 is 1.19 bits per heavy atom. The molecule has 0 atom stereocenters. The zero-order valence-electron chi connectivity index (χ0n) is 9.83. The van der Waals surface area contributed by atoms with Crippen LogP contribution in [-0.4, -0.2) is 32.4 Å². The van der Waals surface area contributed by atoms with Crippen LogP contribution >= 0.6 is 0 Å². The zero-order chi connectivity index (χ0) is 11.8. The highest BCUT2D eigenvalue weighted by Crippen LogP contribution is 2.35. The first-order valence-electron chi connectivity index (χ1n) is 5.27. The van der Waals surface area contributed by atoms with Crippen molar-refractivity contribution in [2.45, 2.75) is 12.5 Å². The molecule has 0 saturated carbocycles. The summed E-state index contributed by atoms with van der Waals surface area (Å²) in [4.78, 5) is 0. The van der Waals surface area contributed by atoms with E-state index in [0.29, 0.717) is 13.1 Å². The first kappa shape index (κ1) is 11.2. The number of aliphatic hydroxyl groups is 1. The van der Waals surface area contributed by atoms with Crippen LogP contribution in [0.15, 0.2) is 12.1 Å². The summed E-state index contributed by atoms with van der Waals surface area (Å²) in [7, 11) is 3.24. The SMILES string of the molecule is COc1cc(C2(O)CNC2)cc(OC)c1C. The van der Waals surface area contributed by atoms with Crippen molar-refractivity contribution in [3.63, 3.8) is 0 Å². The third kappa shape index (κ3) is 1.64. The van der Waals surface area contributed by atoms with E-state index in [1.165, 1.54) is 0 Å². The number of β-amino-alcohol motifs (C(OH)–C–C–N with tert-alkyl or cyclic N) is 1. The number of hydrogen-bond acceptors (Lipinski definition) is 4. The summed E-state index contributed by atoms with van der Waals surface area (Å²) in [6.45, 7) is 3.08. The lowest BCUT2D eigenvalue weighted by molar-refractivity contribution is -0.0149. The van der Waals surface area contributed by atoms with Crippen molar-refractivity contribution in [2.75, 3.05) is 27.3 Å². The smallest absolute Gasteiger partial charge is 0.125 e. The molecule has 1 aliphatic rings. The molecule has 4 heteroatoms. The van der Waals surface area contributed by atoms with Gasteiger partial charge >= 0.3 is 0 Å². The Hall–Kier alpha value is -1.26. The summed E-state index contributed by atoms with van der Waals surface area (Å²) >= 11 is 0. The average Bonchev–Trinajstić information content (AvgIpc) is 2.26. The normalized spacial score (nSPS) is 17.8. The molecule has 0 amide bonds. The van der Waals surface area contributed by atoms with Crippen molar-refractivity contribution in [1.82, 2.24) is 5.32 Å². The lowest BCUT2D eigenvalue weighted by atomic mass is 9.87. The molecule has 1 aliphatic heterocycles. The maximum Gasteiger partial charge on any atom is 0.125 e. The van der Waals surface area contributed by atoms with Crippen LogP contribution in [-0.2, 0) is 5.60 Å². The number of ether oxygens (including phenoxy) is 2. The molecule has 1 heterocycles. The fourth-order valence-electron chi connectivity index (χ4n) is 1.92. The van der Waals surface area contributed by atoms with Gasteiger partial charge in [-0.25, -0.2) is 0 Å². The van der Waals surface area contributed by atoms with E-state index < -0.39 is 5.60 Å². The van der Waals surface area contributed by atoms with Gasteiger partial charge in [0.15, 0.2) is 0 Å². The van der Waals surface area contributed by atoms with Gasteiger partial charge in [-0.3, -0.25) is 0 Å². The Bertz CT molecular complexity index is 374. The quantitative estimate of drug-likeness (QED) is 0.796. The summed E-state index contributed by atoms with van der Waals surface area (Å²) in [5.74, 6) is 1.49. The highest BCUT2D eigenvalue weighted by Gasteiger charge is 2.37. The Balaban J connectivity index is 2.46. The number of rotatable bonds is 3. The maximum atomic E-state index is 10.2. The molecule has 0 aliphatic carbocycles. The fraction of sp³-hybridized carbons (Fsp3) is 0.500. The van der Waals surface area contributed by atoms with E-state index in [9.17, 15) is 5.11 Å².